The molecule has 0 aromatic heterocycles. The summed E-state index contributed by atoms with van der Waals surface area (Å²) in [5, 5.41) is 54.7. The largest absolute Gasteiger partial charge is 0.871 e. The second-order valence-electron chi connectivity index (χ2n) is 10.9. The molecule has 1 aliphatic heterocycles. The van der Waals surface area contributed by atoms with Crippen molar-refractivity contribution in [3.8, 4) is 23.0 Å². The van der Waals surface area contributed by atoms with Gasteiger partial charge in [0.25, 0.3) is 40.5 Å². The molecule has 1 aliphatic rings. The third-order valence-electron chi connectivity index (χ3n) is 7.48. The minimum absolute atomic E-state index is 0.386. The molecular formula is C24H12O24S8-4. The molecule has 5 rings (SSSR count). The van der Waals surface area contributed by atoms with Crippen molar-refractivity contribution in [1.29, 1.82) is 0 Å². The lowest BCUT2D eigenvalue weighted by atomic mass is 10.3. The number of sulfone groups is 4. The van der Waals surface area contributed by atoms with E-state index in [0.29, 0.717) is 0 Å². The fourth-order valence-corrected chi connectivity index (χ4v) is 13.9. The van der Waals surface area contributed by atoms with Crippen LogP contribution in [0.2, 0.25) is 0 Å². The first-order chi connectivity index (χ1) is 25.0. The molecule has 0 aliphatic carbocycles. The van der Waals surface area contributed by atoms with Crippen LogP contribution in [0.5, 0.6) is 23.0 Å². The first-order valence-corrected chi connectivity index (χ1v) is 25.0. The normalized spacial score (nSPS) is 17.5. The van der Waals surface area contributed by atoms with Crippen molar-refractivity contribution in [2.45, 2.75) is 58.7 Å². The van der Waals surface area contributed by atoms with Gasteiger partial charge in [-0.05, 0) is 48.5 Å². The lowest BCUT2D eigenvalue weighted by molar-refractivity contribution is -0.277. The molecule has 4 N–H and O–H groups in total. The van der Waals surface area contributed by atoms with E-state index < -0.39 is 162 Å². The minimum atomic E-state index is -6.42. The number of hydrogen-bond acceptors (Lipinski definition) is 20. The molecule has 24 nitrogen and oxygen atoms in total. The van der Waals surface area contributed by atoms with Gasteiger partial charge >= 0.3 is 0 Å². The van der Waals surface area contributed by atoms with Crippen LogP contribution in [0.1, 0.15) is 0 Å². The summed E-state index contributed by atoms with van der Waals surface area (Å²) in [6, 6.07) is -3.09. The van der Waals surface area contributed by atoms with Gasteiger partial charge in [0.1, 0.15) is 0 Å². The van der Waals surface area contributed by atoms with E-state index in [1.54, 1.807) is 0 Å². The van der Waals surface area contributed by atoms with E-state index in [2.05, 4.69) is 0 Å². The second-order valence-corrected chi connectivity index (χ2v) is 24.1. The van der Waals surface area contributed by atoms with Crippen molar-refractivity contribution in [3.05, 3.63) is 48.5 Å². The van der Waals surface area contributed by atoms with Crippen LogP contribution < -0.4 is 20.4 Å². The van der Waals surface area contributed by atoms with Gasteiger partial charge < -0.3 is 20.4 Å². The number of rotatable bonds is 4. The standard InChI is InChI=1S/C24H16O24S8/c25-21-13-1-9(53(37,38)39)2-14(21)50(31,32)17-5-11(55(43,44)45)6-18(23(17)27)52(35,36)20-8-12(56(46,47)48)7-19(24(20)28)51(33,34)16-4-10(54(40,41)42)3-15(22(16)26)49(13,29)30/h1-8,25-28H,(H,37,38,39)(H,40,41,42)(H,43,44,45)(H,46,47,48)/p-4. The van der Waals surface area contributed by atoms with Crippen LogP contribution in [0, 0.1) is 0 Å². The quantitative estimate of drug-likeness (QED) is 0.128. The topological polar surface area (TPSA) is 446 Å². The van der Waals surface area contributed by atoms with Crippen molar-refractivity contribution in [2.24, 2.45) is 0 Å². The summed E-state index contributed by atoms with van der Waals surface area (Å²) >= 11 is 0. The Hall–Kier alpha value is -4.48. The van der Waals surface area contributed by atoms with Crippen LogP contribution in [-0.2, 0) is 79.8 Å². The summed E-state index contributed by atoms with van der Waals surface area (Å²) in [7, 11) is -49.4. The van der Waals surface area contributed by atoms with Crippen molar-refractivity contribution >= 4 is 79.8 Å². The fraction of sp³-hybridized carbons (Fsp3) is 0. The molecule has 0 atom stereocenters. The van der Waals surface area contributed by atoms with Gasteiger partial charge in [-0.3, -0.25) is 18.2 Å². The lowest BCUT2D eigenvalue weighted by Crippen LogP contribution is -2.21. The zero-order chi connectivity index (χ0) is 42.9. The Morgan fingerprint density at radius 2 is 0.411 bits per heavy atom. The predicted molar refractivity (Wildman–Crippen MR) is 165 cm³/mol. The molecule has 56 heavy (non-hydrogen) atoms. The van der Waals surface area contributed by atoms with Crippen LogP contribution in [0.3, 0.4) is 0 Å². The summed E-state index contributed by atoms with van der Waals surface area (Å²) in [5.41, 5.74) is 0. The van der Waals surface area contributed by atoms with Gasteiger partial charge in [0.2, 0.25) is 39.3 Å². The van der Waals surface area contributed by atoms with Crippen LogP contribution in [0.4, 0.5) is 0 Å². The maximum atomic E-state index is 13.9. The molecule has 0 saturated heterocycles. The molecule has 304 valence electrons. The van der Waals surface area contributed by atoms with Crippen molar-refractivity contribution in [2.75, 3.05) is 0 Å². The molecule has 0 saturated carbocycles. The molecule has 0 fully saturated rings. The van der Waals surface area contributed by atoms with Crippen LogP contribution in [0.15, 0.2) is 107 Å². The second kappa shape index (κ2) is 12.5. The molecule has 1 heterocycles. The molecular weight excluding hydrogens is 929 g/mol. The van der Waals surface area contributed by atoms with Crippen molar-refractivity contribution in [1.82, 2.24) is 0 Å². The van der Waals surface area contributed by atoms with Gasteiger partial charge in [0.15, 0.2) is 0 Å². The van der Waals surface area contributed by atoms with E-state index in [4.69, 9.17) is 0 Å². The van der Waals surface area contributed by atoms with E-state index in [1.165, 1.54) is 0 Å². The number of benzene rings is 4. The van der Waals surface area contributed by atoms with Gasteiger partial charge in [-0.15, -0.1) is 0 Å². The molecule has 0 spiro atoms. The maximum absolute atomic E-state index is 13.9. The summed E-state index contributed by atoms with van der Waals surface area (Å²) < 4.78 is 248. The molecule has 32 heteroatoms. The zero-order valence-electron chi connectivity index (χ0n) is 25.8. The highest BCUT2D eigenvalue weighted by atomic mass is 32.2. The zero-order valence-corrected chi connectivity index (χ0v) is 32.4. The maximum Gasteiger partial charge on any atom is 0.294 e. The molecule has 4 aromatic carbocycles. The Kier molecular flexibility index (Phi) is 9.53. The van der Waals surface area contributed by atoms with Gasteiger partial charge in [0.05, 0.1) is 58.7 Å². The number of fused-ring (bicyclic) bond motifs is 8. The Balaban J connectivity index is 2.25. The summed E-state index contributed by atoms with van der Waals surface area (Å²) in [4.78, 5) is -26.0. The predicted octanol–water partition coefficient (Wildman–Crippen LogP) is -3.39. The average molecular weight is 941 g/mol. The summed E-state index contributed by atoms with van der Waals surface area (Å²) in [6.07, 6.45) is 0. The monoisotopic (exact) mass is 940 g/mol. The van der Waals surface area contributed by atoms with Crippen LogP contribution in [0.25, 0.3) is 0 Å². The molecule has 4 aromatic rings. The lowest BCUT2D eigenvalue weighted by Gasteiger charge is -2.27. The van der Waals surface area contributed by atoms with E-state index in [0.717, 1.165) is 0 Å². The van der Waals surface area contributed by atoms with E-state index in [-0.39, 0.29) is 48.5 Å². The average Bonchev–Trinajstić information content (AvgIpc) is 3.01. The summed E-state index contributed by atoms with van der Waals surface area (Å²) in [5.74, 6) is -10.1. The number of hydrogen-bond donors (Lipinski definition) is 4. The van der Waals surface area contributed by atoms with Crippen LogP contribution >= 0.6 is 0 Å². The van der Waals surface area contributed by atoms with E-state index in [1.807, 2.05) is 0 Å². The first kappa shape index (κ1) is 42.7. The third-order valence-corrected chi connectivity index (χ3v) is 17.9. The minimum Gasteiger partial charge on any atom is -0.871 e. The highest BCUT2D eigenvalue weighted by Crippen LogP contribution is 2.47. The van der Waals surface area contributed by atoms with E-state index >= 15 is 0 Å². The highest BCUT2D eigenvalue weighted by molar-refractivity contribution is 7.94. The van der Waals surface area contributed by atoms with Gasteiger partial charge in [-0.2, -0.15) is 33.7 Å². The summed E-state index contributed by atoms with van der Waals surface area (Å²) in [6.45, 7) is 0. The van der Waals surface area contributed by atoms with Gasteiger partial charge in [-0.1, -0.05) is 23.0 Å². The molecule has 0 radical (unpaired) electrons. The Labute approximate surface area is 314 Å². The van der Waals surface area contributed by atoms with E-state index in [9.17, 15) is 106 Å². The van der Waals surface area contributed by atoms with Crippen LogP contribution in [-0.4, -0.2) is 85.6 Å². The molecule has 0 amide bonds. The molecule has 0 unspecified atom stereocenters. The van der Waals surface area contributed by atoms with Gasteiger partial charge in [-0.25, -0.2) is 33.7 Å². The SMILES string of the molecule is O=S(=O)(O)c1cc2c([O-])c(c1)S(=O)(=O)c1cc(S(=O)(=O)O)cc(c1[O-])S(=O)(=O)c1cc(S(=O)(=O)O)cc(c1[O-])S(=O)(=O)c1cc(S(=O)(=O)O)cc(c1[O-])S2(=O)=O. The highest BCUT2D eigenvalue weighted by Gasteiger charge is 2.37. The fourth-order valence-electron chi connectivity index (χ4n) is 4.88. The third kappa shape index (κ3) is 6.74. The van der Waals surface area contributed by atoms with Crippen molar-refractivity contribution < 1.29 is 106 Å². The Bertz CT molecular complexity index is 2840. The first-order valence-electron chi connectivity index (χ1n) is 13.3. The Morgan fingerprint density at radius 3 is 0.500 bits per heavy atom. The van der Waals surface area contributed by atoms with Gasteiger partial charge in [0, 0.05) is 0 Å². The van der Waals surface area contributed by atoms with Crippen molar-refractivity contribution in [3.63, 3.8) is 0 Å². The molecule has 8 bridgehead atoms. The Morgan fingerprint density at radius 1 is 0.304 bits per heavy atom. The smallest absolute Gasteiger partial charge is 0.294 e.